The van der Waals surface area contributed by atoms with Crippen LogP contribution in [0.15, 0.2) is 18.2 Å². The van der Waals surface area contributed by atoms with Crippen LogP contribution in [-0.2, 0) is 0 Å². The molecule has 2 unspecified atom stereocenters. The van der Waals surface area contributed by atoms with E-state index >= 15 is 0 Å². The molecule has 0 bridgehead atoms. The second kappa shape index (κ2) is 5.28. The topological polar surface area (TPSA) is 30.5 Å². The minimum atomic E-state index is -0.00695. The Bertz CT molecular complexity index is 484. The van der Waals surface area contributed by atoms with E-state index in [4.69, 9.17) is 9.47 Å². The Hall–Kier alpha value is -1.22. The average molecular weight is 275 g/mol. The number of rotatable bonds is 5. The number of benzene rings is 1. The van der Waals surface area contributed by atoms with Crippen LogP contribution in [0.2, 0.25) is 0 Å². The van der Waals surface area contributed by atoms with Crippen LogP contribution < -0.4 is 14.8 Å². The fraction of sp³-hybridized carbons (Fsp3) is 0.647. The Morgan fingerprint density at radius 3 is 2.85 bits per heavy atom. The van der Waals surface area contributed by atoms with E-state index in [2.05, 4.69) is 31.3 Å². The van der Waals surface area contributed by atoms with Gasteiger partial charge in [0.05, 0.1) is 7.11 Å². The van der Waals surface area contributed by atoms with Gasteiger partial charge in [0.2, 0.25) is 0 Å². The third kappa shape index (κ3) is 2.51. The molecule has 1 aliphatic carbocycles. The molecule has 1 aliphatic heterocycles. The van der Waals surface area contributed by atoms with Gasteiger partial charge >= 0.3 is 0 Å². The standard InChI is InChI=1S/C17H25NO2/c1-4-9-18-15-11-17(2,12-5-6-12)20-16-8-7-13(19-3)10-14(15)16/h7-8,10,12,15,18H,4-6,9,11H2,1-3H3. The molecule has 2 atom stereocenters. The summed E-state index contributed by atoms with van der Waals surface area (Å²) in [5.74, 6) is 2.66. The lowest BCUT2D eigenvalue weighted by Crippen LogP contribution is -2.43. The molecule has 1 aromatic rings. The maximum atomic E-state index is 6.36. The molecule has 20 heavy (non-hydrogen) atoms. The largest absolute Gasteiger partial charge is 0.497 e. The highest BCUT2D eigenvalue weighted by Gasteiger charge is 2.48. The summed E-state index contributed by atoms with van der Waals surface area (Å²) in [6, 6.07) is 6.55. The molecular formula is C17H25NO2. The van der Waals surface area contributed by atoms with Crippen molar-refractivity contribution in [3.05, 3.63) is 23.8 Å². The highest BCUT2D eigenvalue weighted by molar-refractivity contribution is 5.44. The normalized spacial score (nSPS) is 28.6. The van der Waals surface area contributed by atoms with Gasteiger partial charge in [-0.1, -0.05) is 6.92 Å². The van der Waals surface area contributed by atoms with Crippen LogP contribution >= 0.6 is 0 Å². The van der Waals surface area contributed by atoms with Gasteiger partial charge in [0.1, 0.15) is 17.1 Å². The highest BCUT2D eigenvalue weighted by atomic mass is 16.5. The first-order chi connectivity index (χ1) is 9.66. The Kier molecular flexibility index (Phi) is 3.63. The summed E-state index contributed by atoms with van der Waals surface area (Å²) in [4.78, 5) is 0. The summed E-state index contributed by atoms with van der Waals surface area (Å²) in [6.45, 7) is 5.53. The Balaban J connectivity index is 1.91. The molecule has 3 nitrogen and oxygen atoms in total. The molecule has 1 aromatic carbocycles. The molecule has 2 aliphatic rings. The molecule has 0 saturated heterocycles. The van der Waals surface area contributed by atoms with E-state index in [-0.39, 0.29) is 5.60 Å². The molecule has 110 valence electrons. The Morgan fingerprint density at radius 2 is 2.20 bits per heavy atom. The maximum absolute atomic E-state index is 6.36. The first-order valence-corrected chi connectivity index (χ1v) is 7.76. The summed E-state index contributed by atoms with van der Waals surface area (Å²) < 4.78 is 11.7. The van der Waals surface area contributed by atoms with Crippen molar-refractivity contribution in [1.82, 2.24) is 5.32 Å². The first-order valence-electron chi connectivity index (χ1n) is 7.76. The lowest BCUT2D eigenvalue weighted by Gasteiger charge is -2.41. The van der Waals surface area contributed by atoms with Crippen molar-refractivity contribution in [3.8, 4) is 11.5 Å². The predicted molar refractivity (Wildman–Crippen MR) is 80.4 cm³/mol. The summed E-state index contributed by atoms with van der Waals surface area (Å²) in [6.07, 6.45) is 4.82. The smallest absolute Gasteiger partial charge is 0.125 e. The van der Waals surface area contributed by atoms with Gasteiger partial charge in [0, 0.05) is 18.0 Å². The van der Waals surface area contributed by atoms with E-state index in [0.29, 0.717) is 6.04 Å². The van der Waals surface area contributed by atoms with Crippen LogP contribution in [0.3, 0.4) is 0 Å². The number of ether oxygens (including phenoxy) is 2. The highest BCUT2D eigenvalue weighted by Crippen LogP contribution is 2.51. The van der Waals surface area contributed by atoms with Gasteiger partial charge in [-0.25, -0.2) is 0 Å². The lowest BCUT2D eigenvalue weighted by molar-refractivity contribution is 0.0268. The number of hydrogen-bond acceptors (Lipinski definition) is 3. The van der Waals surface area contributed by atoms with Crippen LogP contribution in [0.1, 0.15) is 51.1 Å². The zero-order valence-corrected chi connectivity index (χ0v) is 12.7. The minimum absolute atomic E-state index is 0.00695. The van der Waals surface area contributed by atoms with E-state index in [9.17, 15) is 0 Å². The summed E-state index contributed by atoms with van der Waals surface area (Å²) >= 11 is 0. The number of nitrogens with one attached hydrogen (secondary N) is 1. The second-order valence-corrected chi connectivity index (χ2v) is 6.30. The first kappa shape index (κ1) is 13.7. The van der Waals surface area contributed by atoms with Gasteiger partial charge in [-0.15, -0.1) is 0 Å². The third-order valence-electron chi connectivity index (χ3n) is 4.63. The van der Waals surface area contributed by atoms with E-state index < -0.39 is 0 Å². The monoisotopic (exact) mass is 275 g/mol. The van der Waals surface area contributed by atoms with Gasteiger partial charge < -0.3 is 14.8 Å². The predicted octanol–water partition coefficient (Wildman–Crippen LogP) is 3.69. The van der Waals surface area contributed by atoms with Crippen molar-refractivity contribution in [3.63, 3.8) is 0 Å². The Morgan fingerprint density at radius 1 is 1.40 bits per heavy atom. The number of methoxy groups -OCH3 is 1. The van der Waals surface area contributed by atoms with E-state index in [0.717, 1.165) is 36.8 Å². The fourth-order valence-corrected chi connectivity index (χ4v) is 3.27. The SMILES string of the molecule is CCCNC1CC(C)(C2CC2)Oc2ccc(OC)cc21. The second-order valence-electron chi connectivity index (χ2n) is 6.30. The Labute approximate surface area is 121 Å². The maximum Gasteiger partial charge on any atom is 0.125 e. The third-order valence-corrected chi connectivity index (χ3v) is 4.63. The molecule has 3 heteroatoms. The van der Waals surface area contributed by atoms with E-state index in [1.807, 2.05) is 6.07 Å². The van der Waals surface area contributed by atoms with Gasteiger partial charge in [-0.2, -0.15) is 0 Å². The fourth-order valence-electron chi connectivity index (χ4n) is 3.27. The van der Waals surface area contributed by atoms with Gasteiger partial charge in [0.15, 0.2) is 0 Å². The number of fused-ring (bicyclic) bond motifs is 1. The molecular weight excluding hydrogens is 250 g/mol. The summed E-state index contributed by atoms with van der Waals surface area (Å²) in [5, 5.41) is 3.68. The van der Waals surface area contributed by atoms with Crippen molar-refractivity contribution in [2.24, 2.45) is 5.92 Å². The van der Waals surface area contributed by atoms with E-state index in [1.54, 1.807) is 7.11 Å². The zero-order chi connectivity index (χ0) is 14.2. The van der Waals surface area contributed by atoms with Gasteiger partial charge in [-0.3, -0.25) is 0 Å². The van der Waals surface area contributed by atoms with Crippen molar-refractivity contribution in [2.75, 3.05) is 13.7 Å². The summed E-state index contributed by atoms with van der Waals surface area (Å²) in [7, 11) is 1.72. The van der Waals surface area contributed by atoms with Crippen molar-refractivity contribution >= 4 is 0 Å². The number of hydrogen-bond donors (Lipinski definition) is 1. The molecule has 1 N–H and O–H groups in total. The molecule has 3 rings (SSSR count). The molecule has 1 heterocycles. The van der Waals surface area contributed by atoms with Crippen LogP contribution in [0.25, 0.3) is 0 Å². The van der Waals surface area contributed by atoms with Gasteiger partial charge in [-0.05, 0) is 56.8 Å². The molecule has 1 saturated carbocycles. The quantitative estimate of drug-likeness (QED) is 0.889. The molecule has 0 aromatic heterocycles. The van der Waals surface area contributed by atoms with Crippen molar-refractivity contribution in [1.29, 1.82) is 0 Å². The van der Waals surface area contributed by atoms with Crippen LogP contribution in [-0.4, -0.2) is 19.3 Å². The van der Waals surface area contributed by atoms with E-state index in [1.165, 1.54) is 18.4 Å². The van der Waals surface area contributed by atoms with Crippen LogP contribution in [0.5, 0.6) is 11.5 Å². The molecule has 1 fully saturated rings. The molecule has 0 radical (unpaired) electrons. The summed E-state index contributed by atoms with van der Waals surface area (Å²) in [5.41, 5.74) is 1.24. The zero-order valence-electron chi connectivity index (χ0n) is 12.7. The van der Waals surface area contributed by atoms with Crippen molar-refractivity contribution in [2.45, 2.75) is 51.2 Å². The average Bonchev–Trinajstić information content (AvgIpc) is 3.29. The van der Waals surface area contributed by atoms with Crippen molar-refractivity contribution < 1.29 is 9.47 Å². The molecule has 0 amide bonds. The minimum Gasteiger partial charge on any atom is -0.497 e. The van der Waals surface area contributed by atoms with Crippen LogP contribution in [0, 0.1) is 5.92 Å². The lowest BCUT2D eigenvalue weighted by atomic mass is 9.85. The van der Waals surface area contributed by atoms with Crippen LogP contribution in [0.4, 0.5) is 0 Å². The van der Waals surface area contributed by atoms with Gasteiger partial charge in [0.25, 0.3) is 0 Å². The molecule has 0 spiro atoms.